The van der Waals surface area contributed by atoms with E-state index in [1.54, 1.807) is 6.20 Å². The third-order valence-corrected chi connectivity index (χ3v) is 7.69. The van der Waals surface area contributed by atoms with Crippen molar-refractivity contribution in [3.63, 3.8) is 0 Å². The van der Waals surface area contributed by atoms with Crippen LogP contribution in [0.25, 0.3) is 21.9 Å². The van der Waals surface area contributed by atoms with Gasteiger partial charge in [-0.1, -0.05) is 23.7 Å². The number of halogens is 1. The minimum absolute atomic E-state index is 0.229. The Morgan fingerprint density at radius 2 is 1.94 bits per heavy atom. The number of hydrogen-bond acceptors (Lipinski definition) is 6. The van der Waals surface area contributed by atoms with Crippen LogP contribution in [-0.4, -0.2) is 41.9 Å². The lowest BCUT2D eigenvalue weighted by Crippen LogP contribution is -2.46. The van der Waals surface area contributed by atoms with Crippen LogP contribution in [0.1, 0.15) is 30.9 Å². The maximum atomic E-state index is 11.0. The van der Waals surface area contributed by atoms with E-state index >= 15 is 0 Å². The van der Waals surface area contributed by atoms with Crippen LogP contribution in [0.2, 0.25) is 5.02 Å². The maximum absolute atomic E-state index is 11.0. The van der Waals surface area contributed by atoms with Gasteiger partial charge in [-0.05, 0) is 55.4 Å². The van der Waals surface area contributed by atoms with Crippen molar-refractivity contribution in [3.8, 4) is 0 Å². The molecule has 3 atom stereocenters. The Morgan fingerprint density at radius 1 is 1.09 bits per heavy atom. The molecule has 7 nitrogen and oxygen atoms in total. The first-order valence-corrected chi connectivity index (χ1v) is 11.3. The summed E-state index contributed by atoms with van der Waals surface area (Å²) >= 11 is 6.04. The van der Waals surface area contributed by atoms with Gasteiger partial charge in [0, 0.05) is 23.2 Å². The van der Waals surface area contributed by atoms with E-state index in [0.29, 0.717) is 22.4 Å². The van der Waals surface area contributed by atoms with Crippen LogP contribution >= 0.6 is 11.6 Å². The van der Waals surface area contributed by atoms with Gasteiger partial charge in [0.15, 0.2) is 0 Å². The van der Waals surface area contributed by atoms with Crippen molar-refractivity contribution in [1.82, 2.24) is 19.5 Å². The fourth-order valence-corrected chi connectivity index (χ4v) is 6.16. The number of aliphatic hydroxyl groups excluding tert-OH is 2. The first kappa shape index (κ1) is 19.9. The zero-order chi connectivity index (χ0) is 22.0. The van der Waals surface area contributed by atoms with Gasteiger partial charge in [-0.3, -0.25) is 4.98 Å². The second-order valence-corrected chi connectivity index (χ2v) is 9.88. The van der Waals surface area contributed by atoms with E-state index in [1.165, 1.54) is 11.9 Å². The summed E-state index contributed by atoms with van der Waals surface area (Å²) in [6, 6.07) is 9.88. The van der Waals surface area contributed by atoms with Crippen LogP contribution < -0.4 is 5.73 Å². The molecule has 2 aliphatic carbocycles. The van der Waals surface area contributed by atoms with E-state index in [4.69, 9.17) is 17.3 Å². The van der Waals surface area contributed by atoms with Crippen LogP contribution in [0.15, 0.2) is 49.1 Å². The fraction of sp³-hybridized carbons (Fsp3) is 0.375. The molecule has 8 heteroatoms. The summed E-state index contributed by atoms with van der Waals surface area (Å²) in [6.45, 7) is 0. The van der Waals surface area contributed by atoms with E-state index in [9.17, 15) is 10.2 Å². The Balaban J connectivity index is 1.20. The van der Waals surface area contributed by atoms with E-state index in [2.05, 4.69) is 33.2 Å². The molecule has 0 bridgehead atoms. The monoisotopic (exact) mass is 449 g/mol. The SMILES string of the molecule is Nc1ncnc2c1ccn2[C@@H]1C[C@]2(C[C@@H](Cc3ccc4cc(Cl)cnc4c3)C2)[C@@H](O)[C@H]1O. The number of nitrogen functional groups attached to an aromatic ring is 1. The highest BCUT2D eigenvalue weighted by molar-refractivity contribution is 6.31. The zero-order valence-electron chi connectivity index (χ0n) is 17.4. The molecule has 1 spiro atoms. The molecule has 2 aliphatic rings. The third kappa shape index (κ3) is 2.99. The van der Waals surface area contributed by atoms with Crippen molar-refractivity contribution in [1.29, 1.82) is 0 Å². The summed E-state index contributed by atoms with van der Waals surface area (Å²) < 4.78 is 1.95. The second-order valence-electron chi connectivity index (χ2n) is 9.45. The number of hydrogen-bond donors (Lipinski definition) is 3. The Labute approximate surface area is 189 Å². The zero-order valence-corrected chi connectivity index (χ0v) is 18.2. The molecule has 164 valence electrons. The molecule has 6 rings (SSSR count). The molecule has 0 amide bonds. The summed E-state index contributed by atoms with van der Waals surface area (Å²) in [5.74, 6) is 0.895. The van der Waals surface area contributed by atoms with Crippen LogP contribution in [0.4, 0.5) is 5.82 Å². The van der Waals surface area contributed by atoms with Crippen LogP contribution in [0.5, 0.6) is 0 Å². The van der Waals surface area contributed by atoms with Gasteiger partial charge in [0.1, 0.15) is 23.9 Å². The highest BCUT2D eigenvalue weighted by Gasteiger charge is 2.59. The van der Waals surface area contributed by atoms with Gasteiger partial charge in [-0.25, -0.2) is 9.97 Å². The topological polar surface area (TPSA) is 110 Å². The Kier molecular flexibility index (Phi) is 4.44. The summed E-state index contributed by atoms with van der Waals surface area (Å²) in [6.07, 6.45) is 6.86. The first-order valence-electron chi connectivity index (χ1n) is 10.9. The molecule has 1 aromatic carbocycles. The lowest BCUT2D eigenvalue weighted by atomic mass is 9.58. The number of rotatable bonds is 3. The number of anilines is 1. The summed E-state index contributed by atoms with van der Waals surface area (Å²) in [4.78, 5) is 12.8. The van der Waals surface area contributed by atoms with Gasteiger partial charge in [0.05, 0.1) is 28.1 Å². The number of nitrogens with two attached hydrogens (primary N) is 1. The molecular weight excluding hydrogens is 426 g/mol. The molecule has 0 aliphatic heterocycles. The highest BCUT2D eigenvalue weighted by Crippen LogP contribution is 2.60. The van der Waals surface area contributed by atoms with Gasteiger partial charge < -0.3 is 20.5 Å². The molecule has 32 heavy (non-hydrogen) atoms. The smallest absolute Gasteiger partial charge is 0.145 e. The number of pyridine rings is 1. The van der Waals surface area contributed by atoms with Gasteiger partial charge in [-0.15, -0.1) is 0 Å². The van der Waals surface area contributed by atoms with Crippen molar-refractivity contribution in [2.75, 3.05) is 5.73 Å². The Hall–Kier alpha value is -2.74. The lowest BCUT2D eigenvalue weighted by Gasteiger charge is -2.48. The minimum atomic E-state index is -0.836. The lowest BCUT2D eigenvalue weighted by molar-refractivity contribution is -0.0841. The molecule has 4 aromatic rings. The van der Waals surface area contributed by atoms with Gasteiger partial charge in [0.2, 0.25) is 0 Å². The van der Waals surface area contributed by atoms with Crippen molar-refractivity contribution in [2.24, 2.45) is 11.3 Å². The van der Waals surface area contributed by atoms with Crippen LogP contribution in [0.3, 0.4) is 0 Å². The summed E-state index contributed by atoms with van der Waals surface area (Å²) in [5, 5.41) is 24.3. The molecule has 0 saturated heterocycles. The average molecular weight is 450 g/mol. The van der Waals surface area contributed by atoms with Crippen LogP contribution in [0, 0.1) is 11.3 Å². The average Bonchev–Trinajstić information content (AvgIpc) is 3.29. The molecule has 2 fully saturated rings. The molecule has 2 saturated carbocycles. The standard InChI is InChI=1S/C24H24ClN5O2/c25-16-7-15-2-1-13(6-18(15)27-11-16)5-14-8-24(9-14)10-19(20(31)21(24)32)30-4-3-17-22(26)28-12-29-23(17)30/h1-4,6-7,11-12,14,19-21,31-32H,5,8-10H2,(H2,26,28,29)/t14-,19-,20+,21+,24-/m1/s1. The molecule has 0 unspecified atom stereocenters. The first-order chi connectivity index (χ1) is 15.4. The molecule has 4 N–H and O–H groups in total. The van der Waals surface area contributed by atoms with E-state index < -0.39 is 12.2 Å². The summed E-state index contributed by atoms with van der Waals surface area (Å²) in [5.41, 5.74) is 8.59. The molecule has 3 heterocycles. The van der Waals surface area contributed by atoms with Crippen molar-refractivity contribution >= 4 is 39.4 Å². The van der Waals surface area contributed by atoms with Gasteiger partial charge >= 0.3 is 0 Å². The van der Waals surface area contributed by atoms with Crippen molar-refractivity contribution in [2.45, 2.75) is 43.9 Å². The highest BCUT2D eigenvalue weighted by atomic mass is 35.5. The van der Waals surface area contributed by atoms with Gasteiger partial charge in [0.25, 0.3) is 0 Å². The largest absolute Gasteiger partial charge is 0.390 e. The quantitative estimate of drug-likeness (QED) is 0.441. The molecule has 3 aromatic heterocycles. The Bertz CT molecular complexity index is 1330. The number of benzene rings is 1. The number of nitrogens with zero attached hydrogens (tertiary/aromatic N) is 4. The van der Waals surface area contributed by atoms with E-state index in [-0.39, 0.29) is 11.5 Å². The van der Waals surface area contributed by atoms with E-state index in [1.807, 2.05) is 22.9 Å². The van der Waals surface area contributed by atoms with E-state index in [0.717, 1.165) is 42.0 Å². The third-order valence-electron chi connectivity index (χ3n) is 7.49. The Morgan fingerprint density at radius 3 is 2.78 bits per heavy atom. The predicted octanol–water partition coefficient (Wildman–Crippen LogP) is 3.52. The predicted molar refractivity (Wildman–Crippen MR) is 123 cm³/mol. The number of aliphatic hydroxyl groups is 2. The summed E-state index contributed by atoms with van der Waals surface area (Å²) in [7, 11) is 0. The minimum Gasteiger partial charge on any atom is -0.390 e. The second kappa shape index (κ2) is 7.13. The fourth-order valence-electron chi connectivity index (χ4n) is 5.99. The number of fused-ring (bicyclic) bond motifs is 2. The van der Waals surface area contributed by atoms with Crippen LogP contribution in [-0.2, 0) is 6.42 Å². The van der Waals surface area contributed by atoms with Crippen molar-refractivity contribution in [3.05, 3.63) is 59.6 Å². The molecule has 0 radical (unpaired) electrons. The normalized spacial score (nSPS) is 29.7. The van der Waals surface area contributed by atoms with Gasteiger partial charge in [-0.2, -0.15) is 0 Å². The molecular formula is C24H24ClN5O2. The number of aromatic nitrogens is 4. The maximum Gasteiger partial charge on any atom is 0.145 e. The van der Waals surface area contributed by atoms with Crippen molar-refractivity contribution < 1.29 is 10.2 Å².